The SMILES string of the molecule is CC(C)C1(CCc2ccc(O)c(O)c2)C(C)CCCC1NC(=O)O. The zero-order chi connectivity index (χ0) is 17.9. The van der Waals surface area contributed by atoms with Crippen molar-refractivity contribution < 1.29 is 20.1 Å². The summed E-state index contributed by atoms with van der Waals surface area (Å²) in [4.78, 5) is 11.3. The molecule has 0 radical (unpaired) electrons. The van der Waals surface area contributed by atoms with E-state index in [0.29, 0.717) is 11.8 Å². The van der Waals surface area contributed by atoms with Crippen molar-refractivity contribution in [2.24, 2.45) is 17.3 Å². The van der Waals surface area contributed by atoms with Gasteiger partial charge in [-0.15, -0.1) is 0 Å². The molecule has 0 bridgehead atoms. The third-order valence-corrected chi connectivity index (χ3v) is 5.96. The zero-order valence-electron chi connectivity index (χ0n) is 14.7. The second-order valence-electron chi connectivity index (χ2n) is 7.42. The molecule has 4 N–H and O–H groups in total. The molecule has 0 spiro atoms. The molecule has 134 valence electrons. The van der Waals surface area contributed by atoms with Crippen LogP contribution in [-0.4, -0.2) is 27.5 Å². The Balaban J connectivity index is 2.26. The molecular formula is C19H29NO4. The largest absolute Gasteiger partial charge is 0.504 e. The average molecular weight is 335 g/mol. The first kappa shape index (κ1) is 18.4. The normalized spacial score (nSPS) is 27.2. The highest BCUT2D eigenvalue weighted by molar-refractivity contribution is 5.65. The molecule has 24 heavy (non-hydrogen) atoms. The molecule has 0 aromatic heterocycles. The van der Waals surface area contributed by atoms with Gasteiger partial charge in [-0.3, -0.25) is 0 Å². The van der Waals surface area contributed by atoms with Crippen molar-refractivity contribution in [3.63, 3.8) is 0 Å². The van der Waals surface area contributed by atoms with Crippen LogP contribution in [0.25, 0.3) is 0 Å². The van der Waals surface area contributed by atoms with E-state index < -0.39 is 6.09 Å². The summed E-state index contributed by atoms with van der Waals surface area (Å²) in [6.45, 7) is 6.57. The van der Waals surface area contributed by atoms with Crippen LogP contribution in [0.15, 0.2) is 18.2 Å². The van der Waals surface area contributed by atoms with Crippen molar-refractivity contribution in [3.8, 4) is 11.5 Å². The number of amides is 1. The fraction of sp³-hybridized carbons (Fsp3) is 0.632. The number of hydrogen-bond donors (Lipinski definition) is 4. The van der Waals surface area contributed by atoms with Gasteiger partial charge in [-0.2, -0.15) is 0 Å². The minimum atomic E-state index is -0.957. The Morgan fingerprint density at radius 1 is 1.29 bits per heavy atom. The first-order chi connectivity index (χ1) is 11.3. The van der Waals surface area contributed by atoms with E-state index in [-0.39, 0.29) is 23.0 Å². The smallest absolute Gasteiger partial charge is 0.404 e. The van der Waals surface area contributed by atoms with Crippen molar-refractivity contribution in [1.29, 1.82) is 0 Å². The van der Waals surface area contributed by atoms with E-state index in [9.17, 15) is 20.1 Å². The van der Waals surface area contributed by atoms with Gasteiger partial charge in [0.1, 0.15) is 0 Å². The summed E-state index contributed by atoms with van der Waals surface area (Å²) in [7, 11) is 0. The predicted molar refractivity (Wildman–Crippen MR) is 93.3 cm³/mol. The Kier molecular flexibility index (Phi) is 5.62. The number of nitrogens with one attached hydrogen (secondary N) is 1. The third kappa shape index (κ3) is 3.60. The van der Waals surface area contributed by atoms with Gasteiger partial charge in [-0.05, 0) is 54.2 Å². The Bertz CT molecular complexity index is 587. The van der Waals surface area contributed by atoms with Crippen molar-refractivity contribution in [3.05, 3.63) is 23.8 Å². The second-order valence-corrected chi connectivity index (χ2v) is 7.42. The maximum Gasteiger partial charge on any atom is 0.404 e. The van der Waals surface area contributed by atoms with Gasteiger partial charge in [0.05, 0.1) is 0 Å². The zero-order valence-corrected chi connectivity index (χ0v) is 14.7. The standard InChI is InChI=1S/C19H29NO4/c1-12(2)19(10-9-14-7-8-15(21)16(22)11-14)13(3)5-4-6-17(19)20-18(23)24/h7-8,11-13,17,20-22H,4-6,9-10H2,1-3H3,(H,23,24). The molecule has 0 heterocycles. The number of aromatic hydroxyl groups is 2. The Labute approximate surface area is 143 Å². The van der Waals surface area contributed by atoms with E-state index in [1.165, 1.54) is 6.07 Å². The molecule has 1 amide bonds. The highest BCUT2D eigenvalue weighted by atomic mass is 16.4. The first-order valence-corrected chi connectivity index (χ1v) is 8.77. The maximum absolute atomic E-state index is 11.3. The fourth-order valence-corrected chi connectivity index (χ4v) is 4.63. The Morgan fingerprint density at radius 3 is 2.58 bits per heavy atom. The van der Waals surface area contributed by atoms with Gasteiger partial charge >= 0.3 is 6.09 Å². The van der Waals surface area contributed by atoms with E-state index >= 15 is 0 Å². The molecule has 1 fully saturated rings. The number of carbonyl (C=O) groups is 1. The lowest BCUT2D eigenvalue weighted by atomic mass is 9.56. The molecule has 1 aromatic carbocycles. The van der Waals surface area contributed by atoms with Gasteiger partial charge < -0.3 is 20.6 Å². The summed E-state index contributed by atoms with van der Waals surface area (Å²) in [5.41, 5.74) is 0.849. The van der Waals surface area contributed by atoms with Crippen LogP contribution in [0.5, 0.6) is 11.5 Å². The molecule has 1 aliphatic rings. The van der Waals surface area contributed by atoms with E-state index in [1.807, 2.05) is 6.07 Å². The summed E-state index contributed by atoms with van der Waals surface area (Å²) in [6, 6.07) is 4.86. The van der Waals surface area contributed by atoms with E-state index in [4.69, 9.17) is 0 Å². The van der Waals surface area contributed by atoms with Gasteiger partial charge in [0, 0.05) is 6.04 Å². The van der Waals surface area contributed by atoms with E-state index in [1.54, 1.807) is 6.07 Å². The average Bonchev–Trinajstić information content (AvgIpc) is 2.49. The number of carboxylic acid groups (broad SMARTS) is 1. The molecular weight excluding hydrogens is 306 g/mol. The molecule has 0 aliphatic heterocycles. The van der Waals surface area contributed by atoms with Crippen LogP contribution in [0.2, 0.25) is 0 Å². The molecule has 1 saturated carbocycles. The van der Waals surface area contributed by atoms with Crippen molar-refractivity contribution in [2.75, 3.05) is 0 Å². The quantitative estimate of drug-likeness (QED) is 0.609. The lowest BCUT2D eigenvalue weighted by Gasteiger charge is -2.52. The molecule has 3 unspecified atom stereocenters. The molecule has 1 aliphatic carbocycles. The van der Waals surface area contributed by atoms with Gasteiger partial charge in [0.15, 0.2) is 11.5 Å². The maximum atomic E-state index is 11.3. The first-order valence-electron chi connectivity index (χ1n) is 8.77. The fourth-order valence-electron chi connectivity index (χ4n) is 4.63. The van der Waals surface area contributed by atoms with E-state index in [2.05, 4.69) is 26.1 Å². The van der Waals surface area contributed by atoms with Crippen LogP contribution < -0.4 is 5.32 Å². The molecule has 0 saturated heterocycles. The minimum Gasteiger partial charge on any atom is -0.504 e. The van der Waals surface area contributed by atoms with Crippen LogP contribution in [0, 0.1) is 17.3 Å². The summed E-state index contributed by atoms with van der Waals surface area (Å²) in [5, 5.41) is 31.2. The van der Waals surface area contributed by atoms with Crippen LogP contribution in [0.4, 0.5) is 4.79 Å². The monoisotopic (exact) mass is 335 g/mol. The summed E-state index contributed by atoms with van der Waals surface area (Å²) >= 11 is 0. The molecule has 5 nitrogen and oxygen atoms in total. The van der Waals surface area contributed by atoms with E-state index in [0.717, 1.165) is 37.7 Å². The van der Waals surface area contributed by atoms with Crippen LogP contribution >= 0.6 is 0 Å². The number of rotatable bonds is 5. The van der Waals surface area contributed by atoms with Crippen LogP contribution in [0.1, 0.15) is 52.0 Å². The Morgan fingerprint density at radius 2 is 2.00 bits per heavy atom. The number of phenolic OH excluding ortho intramolecular Hbond substituents is 2. The van der Waals surface area contributed by atoms with Gasteiger partial charge in [0.25, 0.3) is 0 Å². The van der Waals surface area contributed by atoms with Crippen molar-refractivity contribution >= 4 is 6.09 Å². The van der Waals surface area contributed by atoms with Crippen molar-refractivity contribution in [1.82, 2.24) is 5.32 Å². The number of benzene rings is 1. The molecule has 3 atom stereocenters. The number of hydrogen-bond acceptors (Lipinski definition) is 3. The lowest BCUT2D eigenvalue weighted by molar-refractivity contribution is 0.00370. The number of phenols is 2. The van der Waals surface area contributed by atoms with Gasteiger partial charge in [-0.1, -0.05) is 39.7 Å². The highest BCUT2D eigenvalue weighted by Gasteiger charge is 2.47. The molecule has 2 rings (SSSR count). The van der Waals surface area contributed by atoms with Crippen molar-refractivity contribution in [2.45, 2.75) is 58.9 Å². The number of aryl methyl sites for hydroxylation is 1. The molecule has 5 heteroatoms. The minimum absolute atomic E-state index is 0.0514. The second kappa shape index (κ2) is 7.32. The van der Waals surface area contributed by atoms with Gasteiger partial charge in [0.2, 0.25) is 0 Å². The summed E-state index contributed by atoms with van der Waals surface area (Å²) in [6.07, 6.45) is 3.66. The third-order valence-electron chi connectivity index (χ3n) is 5.96. The van der Waals surface area contributed by atoms with Crippen LogP contribution in [-0.2, 0) is 6.42 Å². The highest BCUT2D eigenvalue weighted by Crippen LogP contribution is 2.50. The topological polar surface area (TPSA) is 89.8 Å². The van der Waals surface area contributed by atoms with Crippen LogP contribution in [0.3, 0.4) is 0 Å². The van der Waals surface area contributed by atoms with Gasteiger partial charge in [-0.25, -0.2) is 4.79 Å². The molecule has 1 aromatic rings. The summed E-state index contributed by atoms with van der Waals surface area (Å²) in [5.74, 6) is 0.543. The predicted octanol–water partition coefficient (Wildman–Crippen LogP) is 4.13. The Hall–Kier alpha value is -1.91. The summed E-state index contributed by atoms with van der Waals surface area (Å²) < 4.78 is 0. The lowest BCUT2D eigenvalue weighted by Crippen LogP contribution is -2.55.